The van der Waals surface area contributed by atoms with Gasteiger partial charge in [-0.2, -0.15) is 0 Å². The maximum absolute atomic E-state index is 11.7. The van der Waals surface area contributed by atoms with E-state index in [-0.39, 0.29) is 108 Å². The van der Waals surface area contributed by atoms with E-state index in [9.17, 15) is 19.8 Å². The minimum Gasteiger partial charge on any atom is -0.869 e. The number of benzene rings is 2. The topological polar surface area (TPSA) is 108 Å². The Labute approximate surface area is 201 Å². The zero-order chi connectivity index (χ0) is 18.1. The molecule has 0 aliphatic heterocycles. The molecule has 0 aliphatic rings. The molecule has 0 heterocycles. The van der Waals surface area contributed by atoms with E-state index in [4.69, 9.17) is 14.2 Å². The number of rotatable bonds is 10. The molecule has 2 rings (SSSR count). The van der Waals surface area contributed by atoms with Crippen molar-refractivity contribution in [1.29, 1.82) is 0 Å². The first-order valence-corrected chi connectivity index (χ1v) is 7.51. The quantitative estimate of drug-likeness (QED) is 0.227. The molecule has 0 atom stereocenters. The first-order valence-electron chi connectivity index (χ1n) is 7.51. The van der Waals surface area contributed by atoms with E-state index in [1.807, 2.05) is 0 Å². The molecular formula is C18H16Na2O7. The molecule has 2 aromatic rings. The van der Waals surface area contributed by atoms with E-state index >= 15 is 0 Å². The van der Waals surface area contributed by atoms with Gasteiger partial charge in [0.1, 0.15) is 37.3 Å². The Balaban J connectivity index is 0.00000338. The van der Waals surface area contributed by atoms with Crippen LogP contribution in [0.1, 0.15) is 20.7 Å². The van der Waals surface area contributed by atoms with Gasteiger partial charge in [0.2, 0.25) is 0 Å². The predicted octanol–water partition coefficient (Wildman–Crippen LogP) is -5.06. The Bertz CT molecular complexity index is 676. The Morgan fingerprint density at radius 2 is 1.11 bits per heavy atom. The average molecular weight is 390 g/mol. The van der Waals surface area contributed by atoms with Gasteiger partial charge in [0.25, 0.3) is 0 Å². The maximum Gasteiger partial charge on any atom is 1.00 e. The molecule has 0 saturated heterocycles. The summed E-state index contributed by atoms with van der Waals surface area (Å²) in [5.74, 6) is -0.741. The van der Waals surface area contributed by atoms with E-state index in [0.717, 1.165) is 0 Å². The van der Waals surface area contributed by atoms with Crippen LogP contribution in [0.2, 0.25) is 0 Å². The minimum atomic E-state index is -0.459. The fourth-order valence-corrected chi connectivity index (χ4v) is 2.00. The van der Waals surface area contributed by atoms with E-state index < -0.39 is 11.5 Å². The van der Waals surface area contributed by atoms with Crippen LogP contribution in [0.15, 0.2) is 36.4 Å². The van der Waals surface area contributed by atoms with Crippen LogP contribution in [0.5, 0.6) is 23.0 Å². The van der Waals surface area contributed by atoms with E-state index in [1.165, 1.54) is 24.3 Å². The van der Waals surface area contributed by atoms with Gasteiger partial charge in [-0.1, -0.05) is 35.8 Å². The standard InChI is InChI=1S/C18H18O7.2Na/c19-11-13-3-1-5-15(17(13)21)24-9-7-23-8-10-25-16-6-2-4-14(12-20)18(16)22;;/h1-6,11-12,21-22H,7-10H2;;/q;2*+1/p-2. The summed E-state index contributed by atoms with van der Waals surface area (Å²) in [7, 11) is 0. The van der Waals surface area contributed by atoms with Crippen molar-refractivity contribution in [2.45, 2.75) is 0 Å². The molecule has 0 amide bonds. The van der Waals surface area contributed by atoms with Crippen molar-refractivity contribution in [2.75, 3.05) is 26.4 Å². The van der Waals surface area contributed by atoms with Crippen molar-refractivity contribution in [3.63, 3.8) is 0 Å². The number of aldehydes is 2. The molecule has 0 unspecified atom stereocenters. The summed E-state index contributed by atoms with van der Waals surface area (Å²) in [6.45, 7) is 0.662. The number of carbonyl (C=O) groups excluding carboxylic acids is 2. The van der Waals surface area contributed by atoms with Gasteiger partial charge in [-0.05, 0) is 12.1 Å². The smallest absolute Gasteiger partial charge is 0.869 e. The van der Waals surface area contributed by atoms with E-state index in [0.29, 0.717) is 12.6 Å². The second kappa shape index (κ2) is 14.0. The molecule has 9 heteroatoms. The van der Waals surface area contributed by atoms with Crippen LogP contribution in [0.25, 0.3) is 0 Å². The van der Waals surface area contributed by atoms with Gasteiger partial charge in [-0.15, -0.1) is 0 Å². The molecule has 0 bridgehead atoms. The zero-order valence-electron chi connectivity index (χ0n) is 15.3. The van der Waals surface area contributed by atoms with Crippen molar-refractivity contribution < 1.29 is 93.1 Å². The fraction of sp³-hybridized carbons (Fsp3) is 0.222. The van der Waals surface area contributed by atoms with Gasteiger partial charge >= 0.3 is 59.1 Å². The van der Waals surface area contributed by atoms with Gasteiger partial charge < -0.3 is 24.4 Å². The maximum atomic E-state index is 11.7. The summed E-state index contributed by atoms with van der Waals surface area (Å²) >= 11 is 0. The third-order valence-corrected chi connectivity index (χ3v) is 3.24. The van der Waals surface area contributed by atoms with Crippen molar-refractivity contribution >= 4 is 12.6 Å². The molecule has 0 radical (unpaired) electrons. The second-order valence-electron chi connectivity index (χ2n) is 4.89. The molecular weight excluding hydrogens is 374 g/mol. The van der Waals surface area contributed by atoms with Crippen molar-refractivity contribution in [2.24, 2.45) is 0 Å². The summed E-state index contributed by atoms with van der Waals surface area (Å²) in [4.78, 5) is 21.3. The van der Waals surface area contributed by atoms with Crippen LogP contribution < -0.4 is 78.8 Å². The normalized spacial score (nSPS) is 9.48. The third kappa shape index (κ3) is 7.83. The molecule has 27 heavy (non-hydrogen) atoms. The molecule has 0 saturated carbocycles. The first-order chi connectivity index (χ1) is 12.2. The summed E-state index contributed by atoms with van der Waals surface area (Å²) in [6, 6.07) is 8.91. The van der Waals surface area contributed by atoms with E-state index in [1.54, 1.807) is 12.1 Å². The van der Waals surface area contributed by atoms with Gasteiger partial charge in [0, 0.05) is 11.1 Å². The van der Waals surface area contributed by atoms with Crippen LogP contribution in [-0.4, -0.2) is 39.0 Å². The summed E-state index contributed by atoms with van der Waals surface area (Å²) in [5.41, 5.74) is 0.0792. The fourth-order valence-electron chi connectivity index (χ4n) is 2.00. The van der Waals surface area contributed by atoms with Crippen molar-refractivity contribution in [1.82, 2.24) is 0 Å². The number of carbonyl (C=O) groups is 2. The average Bonchev–Trinajstić information content (AvgIpc) is 2.63. The number of hydrogen-bond donors (Lipinski definition) is 0. The van der Waals surface area contributed by atoms with Gasteiger partial charge in [0.15, 0.2) is 0 Å². The van der Waals surface area contributed by atoms with Crippen LogP contribution in [0.3, 0.4) is 0 Å². The molecule has 0 N–H and O–H groups in total. The molecule has 0 fully saturated rings. The Kier molecular flexibility index (Phi) is 13.5. The largest absolute Gasteiger partial charge is 1.00 e. The molecule has 7 nitrogen and oxygen atoms in total. The summed E-state index contributed by atoms with van der Waals surface area (Å²) in [5, 5.41) is 23.5. The first kappa shape index (κ1) is 25.9. The summed E-state index contributed by atoms with van der Waals surface area (Å²) in [6.07, 6.45) is 0.958. The van der Waals surface area contributed by atoms with E-state index in [2.05, 4.69) is 0 Å². The number of ether oxygens (including phenoxy) is 3. The van der Waals surface area contributed by atoms with Crippen molar-refractivity contribution in [3.05, 3.63) is 47.5 Å². The predicted molar refractivity (Wildman–Crippen MR) is 84.4 cm³/mol. The monoisotopic (exact) mass is 390 g/mol. The van der Waals surface area contributed by atoms with Gasteiger partial charge in [-0.3, -0.25) is 9.59 Å². The Morgan fingerprint density at radius 1 is 0.704 bits per heavy atom. The zero-order valence-corrected chi connectivity index (χ0v) is 19.3. The van der Waals surface area contributed by atoms with Gasteiger partial charge in [-0.25, -0.2) is 0 Å². The third-order valence-electron chi connectivity index (χ3n) is 3.24. The molecule has 0 spiro atoms. The van der Waals surface area contributed by atoms with Crippen LogP contribution in [0, 0.1) is 0 Å². The van der Waals surface area contributed by atoms with Gasteiger partial charge in [0.05, 0.1) is 13.2 Å². The molecule has 0 aliphatic carbocycles. The Morgan fingerprint density at radius 3 is 1.48 bits per heavy atom. The number of hydrogen-bond acceptors (Lipinski definition) is 7. The van der Waals surface area contributed by atoms with Crippen molar-refractivity contribution in [3.8, 4) is 23.0 Å². The Hall–Kier alpha value is -1.06. The molecule has 2 aromatic carbocycles. The minimum absolute atomic E-state index is 0. The molecule has 0 aromatic heterocycles. The van der Waals surface area contributed by atoms with Crippen LogP contribution >= 0.6 is 0 Å². The van der Waals surface area contributed by atoms with Crippen LogP contribution in [0.4, 0.5) is 0 Å². The summed E-state index contributed by atoms with van der Waals surface area (Å²) < 4.78 is 15.8. The second-order valence-corrected chi connectivity index (χ2v) is 4.89. The van der Waals surface area contributed by atoms with Crippen LogP contribution in [-0.2, 0) is 4.74 Å². The molecule has 132 valence electrons. The SMILES string of the molecule is O=Cc1cccc(OCCOCCOc2cccc(C=O)c2[O-])c1[O-].[Na+].[Na+]. The number of para-hydroxylation sites is 2.